The van der Waals surface area contributed by atoms with Crippen molar-refractivity contribution in [2.24, 2.45) is 0 Å². The molecule has 0 aromatic rings. The molecule has 6 heteroatoms. The summed E-state index contributed by atoms with van der Waals surface area (Å²) < 4.78 is 16.9. The van der Waals surface area contributed by atoms with Crippen LogP contribution in [0.1, 0.15) is 278 Å². The maximum Gasteiger partial charge on any atom is 0.306 e. The Bertz CT molecular complexity index is 1810. The number of carbonyl (C=O) groups excluding carboxylic acids is 3. The third kappa shape index (κ3) is 65.7. The molecule has 0 rings (SSSR count). The van der Waals surface area contributed by atoms with Gasteiger partial charge in [0.25, 0.3) is 0 Å². The number of hydrogen-bond acceptors (Lipinski definition) is 6. The molecule has 0 saturated carbocycles. The third-order valence-corrected chi connectivity index (χ3v) is 13.5. The number of allylic oxidation sites excluding steroid dienone is 26. The van der Waals surface area contributed by atoms with Crippen molar-refractivity contribution >= 4 is 17.9 Å². The fraction of sp³-hybridized carbons (Fsp3) is 0.613. The number of esters is 3. The first-order valence-electron chi connectivity index (χ1n) is 33.0. The molecule has 0 fully saturated rings. The number of hydrogen-bond donors (Lipinski definition) is 0. The van der Waals surface area contributed by atoms with E-state index in [1.807, 2.05) is 0 Å². The van der Waals surface area contributed by atoms with Gasteiger partial charge in [-0.3, -0.25) is 14.4 Å². The molecule has 0 amide bonds. The van der Waals surface area contributed by atoms with Gasteiger partial charge < -0.3 is 14.2 Å². The minimum absolute atomic E-state index is 0.0983. The Balaban J connectivity index is 4.42. The molecule has 0 aromatic heterocycles. The summed E-state index contributed by atoms with van der Waals surface area (Å²) in [6.07, 6.45) is 98.2. The number of unbranched alkanes of at least 4 members (excludes halogenated alkanes) is 21. The molecule has 0 heterocycles. The molecule has 6 nitrogen and oxygen atoms in total. The molecule has 0 saturated heterocycles. The van der Waals surface area contributed by atoms with Crippen LogP contribution in [0.15, 0.2) is 158 Å². The van der Waals surface area contributed by atoms with E-state index in [0.717, 1.165) is 161 Å². The van der Waals surface area contributed by atoms with Crippen LogP contribution < -0.4 is 0 Å². The molecular formula is C75H120O6. The predicted molar refractivity (Wildman–Crippen MR) is 352 cm³/mol. The van der Waals surface area contributed by atoms with Crippen molar-refractivity contribution in [1.29, 1.82) is 0 Å². The van der Waals surface area contributed by atoms with Gasteiger partial charge in [-0.25, -0.2) is 0 Å². The van der Waals surface area contributed by atoms with Crippen LogP contribution in [0.5, 0.6) is 0 Å². The first kappa shape index (κ1) is 76.0. The van der Waals surface area contributed by atoms with Crippen LogP contribution in [0, 0.1) is 0 Å². The Labute approximate surface area is 499 Å². The zero-order valence-corrected chi connectivity index (χ0v) is 52.2. The van der Waals surface area contributed by atoms with E-state index in [9.17, 15) is 14.4 Å². The Morgan fingerprint density at radius 2 is 0.481 bits per heavy atom. The zero-order chi connectivity index (χ0) is 58.5. The minimum atomic E-state index is -0.807. The van der Waals surface area contributed by atoms with E-state index in [0.29, 0.717) is 19.3 Å². The first-order chi connectivity index (χ1) is 40.0. The van der Waals surface area contributed by atoms with Crippen molar-refractivity contribution in [3.8, 4) is 0 Å². The Kier molecular flexibility index (Phi) is 63.4. The van der Waals surface area contributed by atoms with Crippen molar-refractivity contribution in [1.82, 2.24) is 0 Å². The molecule has 0 bridgehead atoms. The largest absolute Gasteiger partial charge is 0.462 e. The van der Waals surface area contributed by atoms with Crippen molar-refractivity contribution < 1.29 is 28.6 Å². The highest BCUT2D eigenvalue weighted by Gasteiger charge is 2.19. The van der Waals surface area contributed by atoms with Crippen molar-refractivity contribution in [2.45, 2.75) is 284 Å². The van der Waals surface area contributed by atoms with E-state index < -0.39 is 6.10 Å². The topological polar surface area (TPSA) is 78.9 Å². The molecular weight excluding hydrogens is 997 g/mol. The molecule has 0 spiro atoms. The van der Waals surface area contributed by atoms with Gasteiger partial charge in [0.2, 0.25) is 0 Å². The van der Waals surface area contributed by atoms with E-state index in [2.05, 4.69) is 179 Å². The van der Waals surface area contributed by atoms with Gasteiger partial charge in [-0.1, -0.05) is 288 Å². The Hall–Kier alpha value is -4.97. The zero-order valence-electron chi connectivity index (χ0n) is 52.2. The van der Waals surface area contributed by atoms with Gasteiger partial charge in [-0.2, -0.15) is 0 Å². The highest BCUT2D eigenvalue weighted by Crippen LogP contribution is 2.15. The van der Waals surface area contributed by atoms with Gasteiger partial charge in [0, 0.05) is 19.3 Å². The second kappa shape index (κ2) is 67.5. The van der Waals surface area contributed by atoms with Crippen molar-refractivity contribution in [2.75, 3.05) is 13.2 Å². The lowest BCUT2D eigenvalue weighted by Crippen LogP contribution is -2.30. The summed E-state index contributed by atoms with van der Waals surface area (Å²) in [6.45, 7) is 6.38. The quantitative estimate of drug-likeness (QED) is 0.0261. The van der Waals surface area contributed by atoms with Crippen LogP contribution in [0.25, 0.3) is 0 Å². The molecule has 0 aliphatic rings. The van der Waals surface area contributed by atoms with Crippen LogP contribution in [-0.4, -0.2) is 37.2 Å². The molecule has 0 aromatic carbocycles. The molecule has 0 aliphatic heterocycles. The average molecular weight is 1120 g/mol. The molecule has 1 atom stereocenters. The smallest absolute Gasteiger partial charge is 0.306 e. The lowest BCUT2D eigenvalue weighted by atomic mass is 10.0. The normalized spacial score (nSPS) is 13.2. The van der Waals surface area contributed by atoms with E-state index in [-0.39, 0.29) is 31.1 Å². The minimum Gasteiger partial charge on any atom is -0.462 e. The van der Waals surface area contributed by atoms with Crippen LogP contribution in [0.4, 0.5) is 0 Å². The van der Waals surface area contributed by atoms with Gasteiger partial charge in [0.15, 0.2) is 6.10 Å². The molecule has 0 aliphatic carbocycles. The molecule has 1 unspecified atom stereocenters. The van der Waals surface area contributed by atoms with Crippen LogP contribution >= 0.6 is 0 Å². The van der Waals surface area contributed by atoms with Crippen molar-refractivity contribution in [3.63, 3.8) is 0 Å². The summed E-state index contributed by atoms with van der Waals surface area (Å²) in [4.78, 5) is 38.3. The second-order valence-electron chi connectivity index (χ2n) is 21.3. The molecule has 81 heavy (non-hydrogen) atoms. The summed E-state index contributed by atoms with van der Waals surface area (Å²) in [5.74, 6) is -0.947. The van der Waals surface area contributed by atoms with Crippen LogP contribution in [0.3, 0.4) is 0 Å². The predicted octanol–water partition coefficient (Wildman–Crippen LogP) is 22.9. The fourth-order valence-corrected chi connectivity index (χ4v) is 8.66. The van der Waals surface area contributed by atoms with Gasteiger partial charge in [-0.15, -0.1) is 0 Å². The highest BCUT2D eigenvalue weighted by molar-refractivity contribution is 5.71. The summed E-state index contributed by atoms with van der Waals surface area (Å²) >= 11 is 0. The second-order valence-corrected chi connectivity index (χ2v) is 21.3. The van der Waals surface area contributed by atoms with Gasteiger partial charge in [0.05, 0.1) is 0 Å². The van der Waals surface area contributed by atoms with E-state index in [1.54, 1.807) is 0 Å². The SMILES string of the molecule is CC/C=C\C/C=C\C/C=C\C/C=C\C/C=C\C/C=C\C/C=C\C/C=C\C/C=C\CCCCCC(=O)OCC(COC(=O)CCCCCCCCCCCCCCC)OC(=O)CCCCCCCC/C=C\C/C=C\C/C=C\C/C=C\CC. The lowest BCUT2D eigenvalue weighted by Gasteiger charge is -2.18. The van der Waals surface area contributed by atoms with E-state index in [1.165, 1.54) is 77.0 Å². The van der Waals surface area contributed by atoms with Crippen LogP contribution in [-0.2, 0) is 28.6 Å². The Morgan fingerprint density at radius 1 is 0.259 bits per heavy atom. The summed E-state index contributed by atoms with van der Waals surface area (Å²) in [6, 6.07) is 0. The average Bonchev–Trinajstić information content (AvgIpc) is 3.46. The maximum absolute atomic E-state index is 12.9. The number of carbonyl (C=O) groups is 3. The van der Waals surface area contributed by atoms with E-state index in [4.69, 9.17) is 14.2 Å². The standard InChI is InChI=1S/C75H120O6/c1-4-7-10-13-16-19-22-25-27-29-31-32-33-34-35-36-37-38-39-40-41-42-44-45-47-50-53-56-59-62-65-68-74(77)80-71-72(70-79-73(76)67-64-61-58-55-52-49-24-21-18-15-12-9-6-3)81-75(78)69-66-63-60-57-54-51-48-46-43-30-28-26-23-20-17-14-11-8-5-2/h7-8,10-11,16-17,19-20,25-28,31-32,34-35,37-38,40-41,43-46,50,53,72H,4-6,9,12-15,18,21-24,29-30,33,36,39,42,47-49,51-52,54-71H2,1-3H3/b10-7-,11-8-,19-16-,20-17-,27-25-,28-26-,32-31-,35-34-,38-37-,41-40-,45-44-,46-43-,53-50-. The highest BCUT2D eigenvalue weighted by atomic mass is 16.6. The van der Waals surface area contributed by atoms with Crippen molar-refractivity contribution in [3.05, 3.63) is 158 Å². The van der Waals surface area contributed by atoms with Gasteiger partial charge in [0.1, 0.15) is 13.2 Å². The Morgan fingerprint density at radius 3 is 0.765 bits per heavy atom. The molecule has 0 N–H and O–H groups in total. The van der Waals surface area contributed by atoms with Gasteiger partial charge >= 0.3 is 17.9 Å². The van der Waals surface area contributed by atoms with Crippen LogP contribution in [0.2, 0.25) is 0 Å². The first-order valence-corrected chi connectivity index (χ1v) is 33.0. The fourth-order valence-electron chi connectivity index (χ4n) is 8.66. The number of rotatable bonds is 58. The van der Waals surface area contributed by atoms with E-state index >= 15 is 0 Å². The molecule has 0 radical (unpaired) electrons. The lowest BCUT2D eigenvalue weighted by molar-refractivity contribution is -0.167. The monoisotopic (exact) mass is 1120 g/mol. The summed E-state index contributed by atoms with van der Waals surface area (Å²) in [5.41, 5.74) is 0. The third-order valence-electron chi connectivity index (χ3n) is 13.5. The summed E-state index contributed by atoms with van der Waals surface area (Å²) in [5, 5.41) is 0. The maximum atomic E-state index is 12.9. The molecule has 456 valence electrons. The summed E-state index contributed by atoms with van der Waals surface area (Å²) in [7, 11) is 0. The van der Waals surface area contributed by atoms with Gasteiger partial charge in [-0.05, 0) is 128 Å². The number of ether oxygens (including phenoxy) is 3.